The molecule has 1 amide bonds. The molecular formula is C13H22N4O. The molecule has 5 nitrogen and oxygen atoms in total. The number of amides is 1. The molecule has 0 spiro atoms. The van der Waals surface area contributed by atoms with Gasteiger partial charge in [0.25, 0.3) is 5.91 Å². The van der Waals surface area contributed by atoms with E-state index in [4.69, 9.17) is 5.73 Å². The van der Waals surface area contributed by atoms with Crippen molar-refractivity contribution in [1.82, 2.24) is 14.7 Å². The third kappa shape index (κ3) is 2.27. The summed E-state index contributed by atoms with van der Waals surface area (Å²) in [5, 5.41) is 4.42. The van der Waals surface area contributed by atoms with Gasteiger partial charge in [0.1, 0.15) is 5.69 Å². The Balaban J connectivity index is 2.21. The van der Waals surface area contributed by atoms with Gasteiger partial charge in [-0.1, -0.05) is 13.8 Å². The van der Waals surface area contributed by atoms with Crippen molar-refractivity contribution in [3.63, 3.8) is 0 Å². The van der Waals surface area contributed by atoms with E-state index in [0.29, 0.717) is 18.2 Å². The summed E-state index contributed by atoms with van der Waals surface area (Å²) in [5.74, 6) is 0.432. The monoisotopic (exact) mass is 250 g/mol. The van der Waals surface area contributed by atoms with Gasteiger partial charge in [-0.05, 0) is 25.3 Å². The number of nitrogens with zero attached hydrogens (tertiary/aromatic N) is 3. The van der Waals surface area contributed by atoms with E-state index in [1.54, 1.807) is 4.68 Å². The van der Waals surface area contributed by atoms with E-state index in [9.17, 15) is 4.79 Å². The highest BCUT2D eigenvalue weighted by atomic mass is 16.2. The maximum Gasteiger partial charge on any atom is 0.272 e. The molecule has 1 aliphatic heterocycles. The summed E-state index contributed by atoms with van der Waals surface area (Å²) in [7, 11) is 0. The van der Waals surface area contributed by atoms with Crippen LogP contribution in [0, 0.1) is 5.92 Å². The van der Waals surface area contributed by atoms with Crippen molar-refractivity contribution in [2.45, 2.75) is 39.8 Å². The predicted octanol–water partition coefficient (Wildman–Crippen LogP) is 0.885. The summed E-state index contributed by atoms with van der Waals surface area (Å²) in [4.78, 5) is 14.3. The summed E-state index contributed by atoms with van der Waals surface area (Å²) >= 11 is 0. The van der Waals surface area contributed by atoms with E-state index in [2.05, 4.69) is 12.0 Å². The van der Waals surface area contributed by atoms with Crippen LogP contribution < -0.4 is 5.73 Å². The molecule has 18 heavy (non-hydrogen) atoms. The number of nitrogens with two attached hydrogens (primary N) is 1. The summed E-state index contributed by atoms with van der Waals surface area (Å²) in [6.45, 7) is 8.25. The first kappa shape index (κ1) is 13.1. The number of likely N-dealkylation sites (tertiary alicyclic amines) is 1. The molecule has 1 aliphatic rings. The van der Waals surface area contributed by atoms with Gasteiger partial charge >= 0.3 is 0 Å². The molecular weight excluding hydrogens is 228 g/mol. The molecule has 1 saturated heterocycles. The highest BCUT2D eigenvalue weighted by Gasteiger charge is 2.31. The Morgan fingerprint density at radius 3 is 2.72 bits per heavy atom. The van der Waals surface area contributed by atoms with Gasteiger partial charge in [0.2, 0.25) is 0 Å². The fraction of sp³-hybridized carbons (Fsp3) is 0.692. The average Bonchev–Trinajstić information content (AvgIpc) is 2.93. The first-order chi connectivity index (χ1) is 8.56. The number of hydrogen-bond donors (Lipinski definition) is 1. The Morgan fingerprint density at radius 1 is 1.50 bits per heavy atom. The molecule has 0 aromatic carbocycles. The van der Waals surface area contributed by atoms with Crippen LogP contribution in [0.2, 0.25) is 0 Å². The Kier molecular flexibility index (Phi) is 3.71. The largest absolute Gasteiger partial charge is 0.335 e. The smallest absolute Gasteiger partial charge is 0.272 e. The Bertz CT molecular complexity index is 430. The number of rotatable bonds is 3. The Morgan fingerprint density at radius 2 is 2.22 bits per heavy atom. The predicted molar refractivity (Wildman–Crippen MR) is 70.3 cm³/mol. The van der Waals surface area contributed by atoms with Gasteiger partial charge in [0.15, 0.2) is 0 Å². The van der Waals surface area contributed by atoms with Crippen LogP contribution in [0.25, 0.3) is 0 Å². The highest BCUT2D eigenvalue weighted by Crippen LogP contribution is 2.18. The molecule has 5 heteroatoms. The van der Waals surface area contributed by atoms with Gasteiger partial charge in [0.05, 0.1) is 5.69 Å². The summed E-state index contributed by atoms with van der Waals surface area (Å²) < 4.78 is 1.79. The number of hydrogen-bond acceptors (Lipinski definition) is 3. The lowest BCUT2D eigenvalue weighted by Gasteiger charge is -2.16. The van der Waals surface area contributed by atoms with Gasteiger partial charge in [-0.25, -0.2) is 0 Å². The molecule has 1 aromatic heterocycles. The molecule has 2 N–H and O–H groups in total. The quantitative estimate of drug-likeness (QED) is 0.866. The first-order valence-corrected chi connectivity index (χ1v) is 6.68. The van der Waals surface area contributed by atoms with Gasteiger partial charge in [0, 0.05) is 25.7 Å². The fourth-order valence-corrected chi connectivity index (χ4v) is 2.38. The second-order valence-corrected chi connectivity index (χ2v) is 5.04. The normalized spacial score (nSPS) is 23.7. The molecule has 0 saturated carbocycles. The zero-order chi connectivity index (χ0) is 13.3. The minimum absolute atomic E-state index is 0.0591. The van der Waals surface area contributed by atoms with Crippen LogP contribution in [0.4, 0.5) is 0 Å². The minimum atomic E-state index is 0.0591. The Hall–Kier alpha value is -1.36. The van der Waals surface area contributed by atoms with Crippen molar-refractivity contribution in [3.8, 4) is 0 Å². The first-order valence-electron chi connectivity index (χ1n) is 6.68. The van der Waals surface area contributed by atoms with Crippen molar-refractivity contribution in [2.75, 3.05) is 13.1 Å². The van der Waals surface area contributed by atoms with Gasteiger partial charge < -0.3 is 10.6 Å². The van der Waals surface area contributed by atoms with Crippen LogP contribution in [-0.4, -0.2) is 39.7 Å². The van der Waals surface area contributed by atoms with Crippen LogP contribution in [0.3, 0.4) is 0 Å². The van der Waals surface area contributed by atoms with Crippen LogP contribution >= 0.6 is 0 Å². The van der Waals surface area contributed by atoms with Crippen LogP contribution in [-0.2, 0) is 13.0 Å². The maximum atomic E-state index is 12.5. The van der Waals surface area contributed by atoms with Crippen molar-refractivity contribution in [1.29, 1.82) is 0 Å². The lowest BCUT2D eigenvalue weighted by atomic mass is 10.1. The molecule has 1 fully saturated rings. The van der Waals surface area contributed by atoms with Crippen molar-refractivity contribution in [2.24, 2.45) is 11.7 Å². The molecule has 2 heterocycles. The number of aromatic nitrogens is 2. The van der Waals surface area contributed by atoms with Gasteiger partial charge in [-0.15, -0.1) is 0 Å². The molecule has 0 radical (unpaired) electrons. The van der Waals surface area contributed by atoms with Crippen LogP contribution in [0.1, 0.15) is 37.0 Å². The third-order valence-electron chi connectivity index (χ3n) is 3.67. The minimum Gasteiger partial charge on any atom is -0.335 e. The number of carbonyl (C=O) groups is 1. The SMILES string of the molecule is CCc1cc(C(=O)N2CC(C)C(N)C2)n(CC)n1. The zero-order valence-corrected chi connectivity index (χ0v) is 11.4. The van der Waals surface area contributed by atoms with Gasteiger partial charge in [-0.2, -0.15) is 5.10 Å². The topological polar surface area (TPSA) is 64.2 Å². The molecule has 2 unspecified atom stereocenters. The summed E-state index contributed by atoms with van der Waals surface area (Å²) in [5.41, 5.74) is 7.63. The van der Waals surface area contributed by atoms with Crippen LogP contribution in [0.5, 0.6) is 0 Å². The molecule has 2 rings (SSSR count). The van der Waals surface area contributed by atoms with E-state index in [1.807, 2.05) is 24.8 Å². The highest BCUT2D eigenvalue weighted by molar-refractivity contribution is 5.93. The molecule has 1 aromatic rings. The van der Waals surface area contributed by atoms with E-state index in [-0.39, 0.29) is 11.9 Å². The summed E-state index contributed by atoms with van der Waals surface area (Å²) in [6.07, 6.45) is 0.850. The van der Waals surface area contributed by atoms with E-state index in [0.717, 1.165) is 25.2 Å². The van der Waals surface area contributed by atoms with E-state index >= 15 is 0 Å². The number of carbonyl (C=O) groups excluding carboxylic acids is 1. The van der Waals surface area contributed by atoms with Crippen molar-refractivity contribution >= 4 is 5.91 Å². The maximum absolute atomic E-state index is 12.5. The Labute approximate surface area is 108 Å². The lowest BCUT2D eigenvalue weighted by molar-refractivity contribution is 0.0774. The van der Waals surface area contributed by atoms with Crippen LogP contribution in [0.15, 0.2) is 6.07 Å². The standard InChI is InChI=1S/C13H22N4O/c1-4-10-6-12(17(5-2)15-10)13(18)16-7-9(3)11(14)8-16/h6,9,11H,4-5,7-8,14H2,1-3H3. The molecule has 100 valence electrons. The van der Waals surface area contributed by atoms with Gasteiger partial charge in [-0.3, -0.25) is 9.48 Å². The lowest BCUT2D eigenvalue weighted by Crippen LogP contribution is -2.33. The third-order valence-corrected chi connectivity index (χ3v) is 3.67. The van der Waals surface area contributed by atoms with Crippen molar-refractivity contribution in [3.05, 3.63) is 17.5 Å². The van der Waals surface area contributed by atoms with E-state index in [1.165, 1.54) is 0 Å². The summed E-state index contributed by atoms with van der Waals surface area (Å²) in [6, 6.07) is 2.00. The molecule has 2 atom stereocenters. The molecule has 0 bridgehead atoms. The zero-order valence-electron chi connectivity index (χ0n) is 11.4. The second kappa shape index (κ2) is 5.10. The fourth-order valence-electron chi connectivity index (χ4n) is 2.38. The second-order valence-electron chi connectivity index (χ2n) is 5.04. The average molecular weight is 250 g/mol. The van der Waals surface area contributed by atoms with Crippen molar-refractivity contribution < 1.29 is 4.79 Å². The molecule has 0 aliphatic carbocycles. The van der Waals surface area contributed by atoms with E-state index < -0.39 is 0 Å². The number of aryl methyl sites for hydroxylation is 2.